The monoisotopic (exact) mass is 295 g/mol. The van der Waals surface area contributed by atoms with Crippen molar-refractivity contribution in [3.05, 3.63) is 52.1 Å². The molecule has 0 saturated carbocycles. The van der Waals surface area contributed by atoms with Gasteiger partial charge in [-0.1, -0.05) is 30.7 Å². The zero-order valence-electron chi connectivity index (χ0n) is 11.7. The first-order chi connectivity index (χ1) is 9.51. The van der Waals surface area contributed by atoms with Crippen LogP contribution >= 0.6 is 11.6 Å². The summed E-state index contributed by atoms with van der Waals surface area (Å²) >= 11 is 6.30. The van der Waals surface area contributed by atoms with E-state index >= 15 is 0 Å². The molecule has 108 valence electrons. The topological polar surface area (TPSA) is 43.8 Å². The molecule has 0 saturated heterocycles. The SMILES string of the molecule is CCc1nn(C)c(CC(N)Cc2cccc(F)c2)c1Cl. The Labute approximate surface area is 123 Å². The van der Waals surface area contributed by atoms with Crippen LogP contribution in [0.4, 0.5) is 4.39 Å². The summed E-state index contributed by atoms with van der Waals surface area (Å²) in [6.45, 7) is 2.02. The first-order valence-electron chi connectivity index (χ1n) is 6.71. The predicted octanol–water partition coefficient (Wildman–Crippen LogP) is 2.89. The molecule has 2 aromatic rings. The predicted molar refractivity (Wildman–Crippen MR) is 79.4 cm³/mol. The molecule has 0 fully saturated rings. The lowest BCUT2D eigenvalue weighted by Gasteiger charge is -2.12. The maximum Gasteiger partial charge on any atom is 0.123 e. The van der Waals surface area contributed by atoms with Crippen molar-refractivity contribution in [3.8, 4) is 0 Å². The molecule has 2 N–H and O–H groups in total. The van der Waals surface area contributed by atoms with E-state index in [0.29, 0.717) is 17.9 Å². The smallest absolute Gasteiger partial charge is 0.123 e. The number of rotatable bonds is 5. The molecule has 20 heavy (non-hydrogen) atoms. The molecule has 0 aliphatic carbocycles. The lowest BCUT2D eigenvalue weighted by Crippen LogP contribution is -2.26. The normalized spacial score (nSPS) is 12.7. The number of nitrogens with two attached hydrogens (primary N) is 1. The Balaban J connectivity index is 2.08. The maximum atomic E-state index is 13.1. The molecule has 3 nitrogen and oxygen atoms in total. The van der Waals surface area contributed by atoms with Gasteiger partial charge in [-0.2, -0.15) is 5.10 Å². The Bertz CT molecular complexity index is 595. The zero-order chi connectivity index (χ0) is 14.7. The fraction of sp³-hybridized carbons (Fsp3) is 0.400. The van der Waals surface area contributed by atoms with Gasteiger partial charge in [0.25, 0.3) is 0 Å². The number of nitrogens with zero attached hydrogens (tertiary/aromatic N) is 2. The summed E-state index contributed by atoms with van der Waals surface area (Å²) in [5, 5.41) is 5.07. The molecule has 1 unspecified atom stereocenters. The molecule has 0 radical (unpaired) electrons. The largest absolute Gasteiger partial charge is 0.327 e. The standard InChI is InChI=1S/C15H19ClFN3/c1-3-13-15(16)14(20(2)19-13)9-12(18)8-10-5-4-6-11(17)7-10/h4-7,12H,3,8-9,18H2,1-2H3. The number of hydrogen-bond acceptors (Lipinski definition) is 2. The van der Waals surface area contributed by atoms with Gasteiger partial charge < -0.3 is 5.73 Å². The van der Waals surface area contributed by atoms with E-state index in [-0.39, 0.29) is 11.9 Å². The number of hydrogen-bond donors (Lipinski definition) is 1. The van der Waals surface area contributed by atoms with Crippen molar-refractivity contribution in [1.82, 2.24) is 9.78 Å². The van der Waals surface area contributed by atoms with Gasteiger partial charge in [0.2, 0.25) is 0 Å². The van der Waals surface area contributed by atoms with E-state index in [1.54, 1.807) is 10.7 Å². The zero-order valence-corrected chi connectivity index (χ0v) is 12.5. The van der Waals surface area contributed by atoms with Crippen LogP contribution in [0.1, 0.15) is 23.9 Å². The van der Waals surface area contributed by atoms with Crippen LogP contribution < -0.4 is 5.73 Å². The van der Waals surface area contributed by atoms with Gasteiger partial charge >= 0.3 is 0 Å². The minimum absolute atomic E-state index is 0.116. The van der Waals surface area contributed by atoms with Crippen molar-refractivity contribution in [3.63, 3.8) is 0 Å². The highest BCUT2D eigenvalue weighted by Gasteiger charge is 2.16. The van der Waals surface area contributed by atoms with Gasteiger partial charge in [0.15, 0.2) is 0 Å². The molecular formula is C15H19ClFN3. The molecule has 0 spiro atoms. The second-order valence-electron chi connectivity index (χ2n) is 4.98. The maximum absolute atomic E-state index is 13.1. The van der Waals surface area contributed by atoms with E-state index in [1.807, 2.05) is 20.0 Å². The minimum atomic E-state index is -0.235. The first kappa shape index (κ1) is 15.0. The van der Waals surface area contributed by atoms with Crippen molar-refractivity contribution >= 4 is 11.6 Å². The number of halogens is 2. The van der Waals surface area contributed by atoms with Crippen molar-refractivity contribution in [2.45, 2.75) is 32.2 Å². The number of aromatic nitrogens is 2. The van der Waals surface area contributed by atoms with E-state index < -0.39 is 0 Å². The third kappa shape index (κ3) is 3.38. The van der Waals surface area contributed by atoms with Crippen LogP contribution in [0.15, 0.2) is 24.3 Å². The summed E-state index contributed by atoms with van der Waals surface area (Å²) in [4.78, 5) is 0. The summed E-state index contributed by atoms with van der Waals surface area (Å²) in [6.07, 6.45) is 2.03. The van der Waals surface area contributed by atoms with Gasteiger partial charge in [0.05, 0.1) is 16.4 Å². The summed E-state index contributed by atoms with van der Waals surface area (Å²) in [5.41, 5.74) is 8.88. The van der Waals surface area contributed by atoms with Gasteiger partial charge in [-0.15, -0.1) is 0 Å². The van der Waals surface area contributed by atoms with E-state index in [4.69, 9.17) is 17.3 Å². The molecule has 2 rings (SSSR count). The van der Waals surface area contributed by atoms with Crippen LogP contribution in [0.3, 0.4) is 0 Å². The second-order valence-corrected chi connectivity index (χ2v) is 5.36. The highest BCUT2D eigenvalue weighted by molar-refractivity contribution is 6.31. The molecule has 0 bridgehead atoms. The molecule has 0 aliphatic heterocycles. The molecular weight excluding hydrogens is 277 g/mol. The summed E-state index contributed by atoms with van der Waals surface area (Å²) in [5.74, 6) is -0.235. The van der Waals surface area contributed by atoms with Crippen LogP contribution in [0.5, 0.6) is 0 Å². The highest BCUT2D eigenvalue weighted by atomic mass is 35.5. The highest BCUT2D eigenvalue weighted by Crippen LogP contribution is 2.22. The van der Waals surface area contributed by atoms with Crippen LogP contribution in [-0.2, 0) is 26.3 Å². The van der Waals surface area contributed by atoms with Crippen molar-refractivity contribution in [2.75, 3.05) is 0 Å². The quantitative estimate of drug-likeness (QED) is 0.922. The number of benzene rings is 1. The van der Waals surface area contributed by atoms with Crippen LogP contribution in [-0.4, -0.2) is 15.8 Å². The molecule has 5 heteroatoms. The van der Waals surface area contributed by atoms with Crippen LogP contribution in [0, 0.1) is 5.82 Å². The Morgan fingerprint density at radius 1 is 1.40 bits per heavy atom. The first-order valence-corrected chi connectivity index (χ1v) is 7.09. The Hall–Kier alpha value is -1.39. The van der Waals surface area contributed by atoms with E-state index in [1.165, 1.54) is 12.1 Å². The third-order valence-electron chi connectivity index (χ3n) is 3.35. The molecule has 1 atom stereocenters. The third-order valence-corrected chi connectivity index (χ3v) is 3.78. The lowest BCUT2D eigenvalue weighted by atomic mass is 10.0. The fourth-order valence-electron chi connectivity index (χ4n) is 2.33. The van der Waals surface area contributed by atoms with Crippen molar-refractivity contribution in [1.29, 1.82) is 0 Å². The van der Waals surface area contributed by atoms with Gasteiger partial charge in [-0.3, -0.25) is 4.68 Å². The minimum Gasteiger partial charge on any atom is -0.327 e. The molecule has 0 aliphatic rings. The van der Waals surface area contributed by atoms with Crippen LogP contribution in [0.25, 0.3) is 0 Å². The lowest BCUT2D eigenvalue weighted by molar-refractivity contribution is 0.602. The Kier molecular flexibility index (Phi) is 4.78. The summed E-state index contributed by atoms with van der Waals surface area (Å²) in [6, 6.07) is 6.41. The Morgan fingerprint density at radius 3 is 2.75 bits per heavy atom. The molecule has 1 aromatic carbocycles. The summed E-state index contributed by atoms with van der Waals surface area (Å²) < 4.78 is 14.9. The average molecular weight is 296 g/mol. The van der Waals surface area contributed by atoms with Crippen molar-refractivity contribution < 1.29 is 4.39 Å². The molecule has 0 amide bonds. The van der Waals surface area contributed by atoms with Gasteiger partial charge in [-0.05, 0) is 30.5 Å². The fourth-order valence-corrected chi connectivity index (χ4v) is 2.70. The van der Waals surface area contributed by atoms with E-state index in [2.05, 4.69) is 5.10 Å². The summed E-state index contributed by atoms with van der Waals surface area (Å²) in [7, 11) is 1.87. The van der Waals surface area contributed by atoms with Gasteiger partial charge in [-0.25, -0.2) is 4.39 Å². The van der Waals surface area contributed by atoms with Crippen molar-refractivity contribution in [2.24, 2.45) is 12.8 Å². The second kappa shape index (κ2) is 6.37. The molecule has 1 aromatic heterocycles. The Morgan fingerprint density at radius 2 is 2.15 bits per heavy atom. The van der Waals surface area contributed by atoms with E-state index in [9.17, 15) is 4.39 Å². The molecule has 1 heterocycles. The van der Waals surface area contributed by atoms with Crippen LogP contribution in [0.2, 0.25) is 5.02 Å². The van der Waals surface area contributed by atoms with Gasteiger partial charge in [0, 0.05) is 19.5 Å². The number of aryl methyl sites for hydroxylation is 2. The van der Waals surface area contributed by atoms with Gasteiger partial charge in [0.1, 0.15) is 5.82 Å². The average Bonchev–Trinajstić information content (AvgIpc) is 2.66. The van der Waals surface area contributed by atoms with E-state index in [0.717, 1.165) is 23.4 Å².